The predicted molar refractivity (Wildman–Crippen MR) is 65.7 cm³/mol. The van der Waals surface area contributed by atoms with E-state index in [0.717, 1.165) is 25.9 Å². The lowest BCUT2D eigenvalue weighted by Crippen LogP contribution is -2.31. The number of nitrogens with zero attached hydrogens (tertiary/aromatic N) is 2. The maximum absolute atomic E-state index is 11.9. The highest BCUT2D eigenvalue weighted by Crippen LogP contribution is 2.21. The maximum atomic E-state index is 11.9. The summed E-state index contributed by atoms with van der Waals surface area (Å²) in [4.78, 5) is 28.6. The Kier molecular flexibility index (Phi) is 3.76. The zero-order valence-corrected chi connectivity index (χ0v) is 9.93. The normalized spacial score (nSPS) is 14.6. The van der Waals surface area contributed by atoms with Crippen molar-refractivity contribution in [3.05, 3.63) is 23.9 Å². The predicted octanol–water partition coefficient (Wildman–Crippen LogP) is 0.496. The molecule has 6 nitrogen and oxygen atoms in total. The van der Waals surface area contributed by atoms with Gasteiger partial charge in [0.1, 0.15) is 12.4 Å². The number of pyridine rings is 1. The summed E-state index contributed by atoms with van der Waals surface area (Å²) in [5.74, 6) is -0.819. The van der Waals surface area contributed by atoms with Crippen LogP contribution in [0.25, 0.3) is 0 Å². The van der Waals surface area contributed by atoms with Crippen molar-refractivity contribution in [2.24, 2.45) is 0 Å². The summed E-state index contributed by atoms with van der Waals surface area (Å²) in [6, 6.07) is 3.34. The van der Waals surface area contributed by atoms with Gasteiger partial charge >= 0.3 is 5.97 Å². The topological polar surface area (TPSA) is 82.5 Å². The van der Waals surface area contributed by atoms with Gasteiger partial charge in [-0.1, -0.05) is 0 Å². The van der Waals surface area contributed by atoms with Crippen molar-refractivity contribution in [1.29, 1.82) is 0 Å². The minimum absolute atomic E-state index is 0.382. The Balaban J connectivity index is 2.16. The molecule has 0 radical (unpaired) electrons. The van der Waals surface area contributed by atoms with Crippen LogP contribution in [0.5, 0.6) is 0 Å². The molecule has 0 aliphatic carbocycles. The lowest BCUT2D eigenvalue weighted by molar-refractivity contribution is -0.135. The molecule has 6 heteroatoms. The standard InChI is InChI=1S/C12H15N3O3/c16-10(17)8-14-12(18)9-4-3-5-13-11(9)15-6-1-2-7-15/h3-5H,1-2,6-8H2,(H,14,18)(H,16,17). The van der Waals surface area contributed by atoms with E-state index in [1.54, 1.807) is 18.3 Å². The summed E-state index contributed by atoms with van der Waals surface area (Å²) in [5.41, 5.74) is 0.431. The fourth-order valence-corrected chi connectivity index (χ4v) is 2.01. The van der Waals surface area contributed by atoms with Gasteiger partial charge in [0.15, 0.2) is 0 Å². The molecule has 1 aliphatic heterocycles. The molecule has 1 amide bonds. The van der Waals surface area contributed by atoms with Gasteiger partial charge in [-0.05, 0) is 25.0 Å². The van der Waals surface area contributed by atoms with Crippen LogP contribution >= 0.6 is 0 Å². The molecule has 18 heavy (non-hydrogen) atoms. The monoisotopic (exact) mass is 249 g/mol. The van der Waals surface area contributed by atoms with Crippen molar-refractivity contribution in [3.8, 4) is 0 Å². The van der Waals surface area contributed by atoms with Crippen molar-refractivity contribution in [1.82, 2.24) is 10.3 Å². The van der Waals surface area contributed by atoms with Crippen LogP contribution in [0.4, 0.5) is 5.82 Å². The van der Waals surface area contributed by atoms with Gasteiger partial charge in [0.05, 0.1) is 5.56 Å². The van der Waals surface area contributed by atoms with Crippen molar-refractivity contribution in [2.75, 3.05) is 24.5 Å². The summed E-state index contributed by atoms with van der Waals surface area (Å²) in [7, 11) is 0. The number of carbonyl (C=O) groups excluding carboxylic acids is 1. The number of hydrogen-bond acceptors (Lipinski definition) is 4. The Morgan fingerprint density at radius 1 is 1.39 bits per heavy atom. The van der Waals surface area contributed by atoms with E-state index in [2.05, 4.69) is 15.2 Å². The molecule has 0 unspecified atom stereocenters. The Morgan fingerprint density at radius 3 is 2.78 bits per heavy atom. The van der Waals surface area contributed by atoms with E-state index in [1.807, 2.05) is 0 Å². The van der Waals surface area contributed by atoms with E-state index >= 15 is 0 Å². The number of aromatic nitrogens is 1. The number of anilines is 1. The molecule has 0 bridgehead atoms. The van der Waals surface area contributed by atoms with Gasteiger partial charge in [0.25, 0.3) is 5.91 Å². The fourth-order valence-electron chi connectivity index (χ4n) is 2.01. The quantitative estimate of drug-likeness (QED) is 0.811. The van der Waals surface area contributed by atoms with Crippen LogP contribution in [0, 0.1) is 0 Å². The third-order valence-corrected chi connectivity index (χ3v) is 2.84. The molecular weight excluding hydrogens is 234 g/mol. The first-order valence-electron chi connectivity index (χ1n) is 5.88. The summed E-state index contributed by atoms with van der Waals surface area (Å²) in [5, 5.41) is 10.9. The molecule has 0 saturated carbocycles. The highest BCUT2D eigenvalue weighted by molar-refractivity contribution is 6.00. The smallest absolute Gasteiger partial charge is 0.322 e. The van der Waals surface area contributed by atoms with E-state index in [0.29, 0.717) is 11.4 Å². The Labute approximate surface area is 105 Å². The van der Waals surface area contributed by atoms with E-state index in [9.17, 15) is 9.59 Å². The van der Waals surface area contributed by atoms with E-state index in [1.165, 1.54) is 0 Å². The van der Waals surface area contributed by atoms with Crippen LogP contribution in [0.15, 0.2) is 18.3 Å². The van der Waals surface area contributed by atoms with Gasteiger partial charge in [0, 0.05) is 19.3 Å². The average Bonchev–Trinajstić information content (AvgIpc) is 2.89. The molecule has 1 fully saturated rings. The number of nitrogens with one attached hydrogen (secondary N) is 1. The van der Waals surface area contributed by atoms with E-state index < -0.39 is 11.9 Å². The van der Waals surface area contributed by atoms with Crippen LogP contribution in [-0.4, -0.2) is 41.6 Å². The van der Waals surface area contributed by atoms with Crippen molar-refractivity contribution in [3.63, 3.8) is 0 Å². The SMILES string of the molecule is O=C(O)CNC(=O)c1cccnc1N1CCCC1. The first-order valence-corrected chi connectivity index (χ1v) is 5.88. The lowest BCUT2D eigenvalue weighted by Gasteiger charge is -2.19. The number of carbonyl (C=O) groups is 2. The number of carboxylic acids is 1. The van der Waals surface area contributed by atoms with Gasteiger partial charge in [0.2, 0.25) is 0 Å². The zero-order chi connectivity index (χ0) is 13.0. The summed E-state index contributed by atoms with van der Waals surface area (Å²) < 4.78 is 0. The highest BCUT2D eigenvalue weighted by atomic mass is 16.4. The second kappa shape index (κ2) is 5.48. The van der Waals surface area contributed by atoms with Crippen LogP contribution in [-0.2, 0) is 4.79 Å². The van der Waals surface area contributed by atoms with Crippen molar-refractivity contribution < 1.29 is 14.7 Å². The summed E-state index contributed by atoms with van der Waals surface area (Å²) in [6.07, 6.45) is 3.82. The van der Waals surface area contributed by atoms with Gasteiger partial charge in [-0.15, -0.1) is 0 Å². The average molecular weight is 249 g/mol. The second-order valence-corrected chi connectivity index (χ2v) is 4.15. The molecule has 0 spiro atoms. The van der Waals surface area contributed by atoms with Crippen LogP contribution in [0.1, 0.15) is 23.2 Å². The molecule has 1 saturated heterocycles. The van der Waals surface area contributed by atoms with Crippen LogP contribution in [0.2, 0.25) is 0 Å². The number of rotatable bonds is 4. The summed E-state index contributed by atoms with van der Waals surface area (Å²) >= 11 is 0. The molecule has 96 valence electrons. The Morgan fingerprint density at radius 2 is 2.11 bits per heavy atom. The third kappa shape index (κ3) is 2.77. The van der Waals surface area contributed by atoms with Gasteiger partial charge in [-0.25, -0.2) is 4.98 Å². The first kappa shape index (κ1) is 12.3. The fraction of sp³-hybridized carbons (Fsp3) is 0.417. The molecule has 2 heterocycles. The molecule has 0 aromatic carbocycles. The first-order chi connectivity index (χ1) is 8.68. The molecule has 1 aromatic rings. The molecular formula is C12H15N3O3. The van der Waals surface area contributed by atoms with Gasteiger partial charge < -0.3 is 15.3 Å². The third-order valence-electron chi connectivity index (χ3n) is 2.84. The largest absolute Gasteiger partial charge is 0.480 e. The van der Waals surface area contributed by atoms with E-state index in [4.69, 9.17) is 5.11 Å². The van der Waals surface area contributed by atoms with Crippen molar-refractivity contribution >= 4 is 17.7 Å². The number of carboxylic acid groups (broad SMARTS) is 1. The Bertz CT molecular complexity index is 456. The zero-order valence-electron chi connectivity index (χ0n) is 9.93. The van der Waals surface area contributed by atoms with Crippen LogP contribution in [0.3, 0.4) is 0 Å². The minimum Gasteiger partial charge on any atom is -0.480 e. The number of aliphatic carboxylic acids is 1. The molecule has 1 aliphatic rings. The molecule has 2 rings (SSSR count). The molecule has 2 N–H and O–H groups in total. The van der Waals surface area contributed by atoms with Gasteiger partial charge in [-0.3, -0.25) is 9.59 Å². The second-order valence-electron chi connectivity index (χ2n) is 4.15. The number of hydrogen-bond donors (Lipinski definition) is 2. The summed E-state index contributed by atoms with van der Waals surface area (Å²) in [6.45, 7) is 1.39. The highest BCUT2D eigenvalue weighted by Gasteiger charge is 2.20. The minimum atomic E-state index is -1.06. The van der Waals surface area contributed by atoms with Crippen molar-refractivity contribution in [2.45, 2.75) is 12.8 Å². The van der Waals surface area contributed by atoms with Crippen LogP contribution < -0.4 is 10.2 Å². The molecule has 1 aromatic heterocycles. The molecule has 0 atom stereocenters. The van der Waals surface area contributed by atoms with Gasteiger partial charge in [-0.2, -0.15) is 0 Å². The maximum Gasteiger partial charge on any atom is 0.322 e. The van der Waals surface area contributed by atoms with E-state index in [-0.39, 0.29) is 6.54 Å². The number of amides is 1. The Hall–Kier alpha value is -2.11. The lowest BCUT2D eigenvalue weighted by atomic mass is 10.2.